The molecule has 1 aromatic heterocycles. The number of pyridine rings is 1. The first-order valence-electron chi connectivity index (χ1n) is 6.53. The Morgan fingerprint density at radius 3 is 2.79 bits per heavy atom. The molecular formula is C13H16ClN3O2. The van der Waals surface area contributed by atoms with Gasteiger partial charge in [0, 0.05) is 25.2 Å². The lowest BCUT2D eigenvalue weighted by Crippen LogP contribution is -2.40. The second-order valence-corrected chi connectivity index (χ2v) is 5.54. The average Bonchev–Trinajstić information content (AvgIpc) is 2.65. The Kier molecular flexibility index (Phi) is 3.22. The number of nitrogens with zero attached hydrogens (tertiary/aromatic N) is 3. The Balaban J connectivity index is 1.86. The number of carbonyl (C=O) groups is 1. The number of fused-ring (bicyclic) bond motifs is 2. The van der Waals surface area contributed by atoms with Crippen LogP contribution in [0.5, 0.6) is 0 Å². The van der Waals surface area contributed by atoms with Gasteiger partial charge in [-0.15, -0.1) is 0 Å². The van der Waals surface area contributed by atoms with Crippen LogP contribution in [0.4, 0.5) is 10.5 Å². The summed E-state index contributed by atoms with van der Waals surface area (Å²) in [5.41, 5.74) is 1.05. The third-order valence-corrected chi connectivity index (χ3v) is 4.29. The largest absolute Gasteiger partial charge is 0.465 e. The molecule has 2 fully saturated rings. The van der Waals surface area contributed by atoms with E-state index in [0.29, 0.717) is 24.3 Å². The molecule has 2 bridgehead atoms. The van der Waals surface area contributed by atoms with Gasteiger partial charge >= 0.3 is 6.09 Å². The summed E-state index contributed by atoms with van der Waals surface area (Å²) in [6.07, 6.45) is 4.01. The minimum Gasteiger partial charge on any atom is -0.465 e. The topological polar surface area (TPSA) is 56.7 Å². The van der Waals surface area contributed by atoms with Gasteiger partial charge < -0.3 is 14.9 Å². The monoisotopic (exact) mass is 281 g/mol. The highest BCUT2D eigenvalue weighted by Gasteiger charge is 2.38. The Hall–Kier alpha value is -1.49. The quantitative estimate of drug-likeness (QED) is 0.804. The van der Waals surface area contributed by atoms with Gasteiger partial charge in [0.2, 0.25) is 0 Å². The molecule has 102 valence electrons. The Morgan fingerprint density at radius 2 is 2.11 bits per heavy atom. The van der Waals surface area contributed by atoms with E-state index >= 15 is 0 Å². The van der Waals surface area contributed by atoms with Crippen LogP contribution in [-0.4, -0.2) is 46.3 Å². The highest BCUT2D eigenvalue weighted by atomic mass is 35.5. The van der Waals surface area contributed by atoms with Crippen LogP contribution in [0.1, 0.15) is 19.3 Å². The fourth-order valence-electron chi connectivity index (χ4n) is 3.19. The number of amides is 1. The van der Waals surface area contributed by atoms with E-state index in [1.807, 2.05) is 6.07 Å². The van der Waals surface area contributed by atoms with Crippen LogP contribution >= 0.6 is 11.6 Å². The number of hydrogen-bond donors (Lipinski definition) is 1. The summed E-state index contributed by atoms with van der Waals surface area (Å²) in [5.74, 6) is 0. The summed E-state index contributed by atoms with van der Waals surface area (Å²) in [5, 5.41) is 9.65. The van der Waals surface area contributed by atoms with E-state index in [9.17, 15) is 4.79 Å². The Bertz CT molecular complexity index is 479. The lowest BCUT2D eigenvalue weighted by atomic mass is 10.1. The fourth-order valence-corrected chi connectivity index (χ4v) is 3.30. The minimum absolute atomic E-state index is 0.256. The normalized spacial score (nSPS) is 26.4. The molecule has 2 aliphatic rings. The molecule has 0 saturated carbocycles. The van der Waals surface area contributed by atoms with Gasteiger partial charge in [0.05, 0.1) is 11.9 Å². The van der Waals surface area contributed by atoms with Crippen molar-refractivity contribution in [2.45, 2.75) is 31.3 Å². The standard InChI is InChI=1S/C13H16ClN3O2/c14-12-4-3-10(7-15-12)17-9-1-2-11(17)8-16(6-5-9)13(18)19/h3-4,7,9,11H,1-2,5-6,8H2,(H,18,19). The van der Waals surface area contributed by atoms with Gasteiger partial charge in [-0.05, 0) is 31.4 Å². The fraction of sp³-hybridized carbons (Fsp3) is 0.538. The summed E-state index contributed by atoms with van der Waals surface area (Å²) >= 11 is 5.82. The molecule has 0 aromatic carbocycles. The van der Waals surface area contributed by atoms with Crippen molar-refractivity contribution in [2.24, 2.45) is 0 Å². The number of halogens is 1. The van der Waals surface area contributed by atoms with Crippen LogP contribution in [0, 0.1) is 0 Å². The molecule has 2 atom stereocenters. The Labute approximate surface area is 116 Å². The molecule has 0 aliphatic carbocycles. The van der Waals surface area contributed by atoms with Crippen LogP contribution in [0.15, 0.2) is 18.3 Å². The molecule has 2 aliphatic heterocycles. The molecule has 2 unspecified atom stereocenters. The van der Waals surface area contributed by atoms with Crippen LogP contribution in [-0.2, 0) is 0 Å². The second-order valence-electron chi connectivity index (χ2n) is 5.15. The van der Waals surface area contributed by atoms with E-state index in [2.05, 4.69) is 9.88 Å². The highest BCUT2D eigenvalue weighted by Crippen LogP contribution is 2.34. The third kappa shape index (κ3) is 2.34. The van der Waals surface area contributed by atoms with Crippen molar-refractivity contribution in [3.8, 4) is 0 Å². The maximum atomic E-state index is 11.1. The lowest BCUT2D eigenvalue weighted by molar-refractivity contribution is 0.143. The first-order valence-corrected chi connectivity index (χ1v) is 6.90. The molecule has 1 N–H and O–H groups in total. The lowest BCUT2D eigenvalue weighted by Gasteiger charge is -2.30. The maximum absolute atomic E-state index is 11.1. The van der Waals surface area contributed by atoms with E-state index in [1.165, 1.54) is 4.90 Å². The summed E-state index contributed by atoms with van der Waals surface area (Å²) in [4.78, 5) is 19.1. The second kappa shape index (κ2) is 4.89. The number of anilines is 1. The summed E-state index contributed by atoms with van der Waals surface area (Å²) in [6, 6.07) is 4.43. The van der Waals surface area contributed by atoms with Gasteiger partial charge in [-0.3, -0.25) is 0 Å². The number of likely N-dealkylation sites (tertiary alicyclic amines) is 1. The van der Waals surface area contributed by atoms with Crippen LogP contribution < -0.4 is 4.90 Å². The number of aromatic nitrogens is 1. The highest BCUT2D eigenvalue weighted by molar-refractivity contribution is 6.29. The molecule has 6 heteroatoms. The maximum Gasteiger partial charge on any atom is 0.407 e. The van der Waals surface area contributed by atoms with Crippen LogP contribution in [0.25, 0.3) is 0 Å². The van der Waals surface area contributed by atoms with Crippen molar-refractivity contribution in [3.05, 3.63) is 23.5 Å². The van der Waals surface area contributed by atoms with Crippen molar-refractivity contribution in [2.75, 3.05) is 18.0 Å². The van der Waals surface area contributed by atoms with E-state index < -0.39 is 6.09 Å². The van der Waals surface area contributed by atoms with Gasteiger partial charge in [-0.1, -0.05) is 11.6 Å². The van der Waals surface area contributed by atoms with Crippen molar-refractivity contribution in [1.29, 1.82) is 0 Å². The van der Waals surface area contributed by atoms with Crippen LogP contribution in [0.3, 0.4) is 0 Å². The van der Waals surface area contributed by atoms with Gasteiger partial charge in [-0.25, -0.2) is 9.78 Å². The van der Waals surface area contributed by atoms with Crippen molar-refractivity contribution < 1.29 is 9.90 Å². The van der Waals surface area contributed by atoms with E-state index in [0.717, 1.165) is 24.9 Å². The minimum atomic E-state index is -0.818. The predicted molar refractivity (Wildman–Crippen MR) is 72.8 cm³/mol. The molecule has 1 amide bonds. The molecule has 0 radical (unpaired) electrons. The molecule has 3 rings (SSSR count). The average molecular weight is 282 g/mol. The Morgan fingerprint density at radius 1 is 1.32 bits per heavy atom. The SMILES string of the molecule is O=C(O)N1CCC2CCC(C1)N2c1ccc(Cl)nc1. The molecule has 0 spiro atoms. The van der Waals surface area contributed by atoms with Crippen LogP contribution in [0.2, 0.25) is 5.15 Å². The van der Waals surface area contributed by atoms with Gasteiger partial charge in [0.1, 0.15) is 5.15 Å². The smallest absolute Gasteiger partial charge is 0.407 e. The van der Waals surface area contributed by atoms with Gasteiger partial charge in [0.25, 0.3) is 0 Å². The zero-order chi connectivity index (χ0) is 13.4. The van der Waals surface area contributed by atoms with Crippen molar-refractivity contribution in [3.63, 3.8) is 0 Å². The third-order valence-electron chi connectivity index (χ3n) is 4.06. The van der Waals surface area contributed by atoms with Gasteiger partial charge in [-0.2, -0.15) is 0 Å². The molecule has 5 nitrogen and oxygen atoms in total. The molecule has 1 aromatic rings. The molecule has 2 saturated heterocycles. The molecular weight excluding hydrogens is 266 g/mol. The van der Waals surface area contributed by atoms with Crippen molar-refractivity contribution >= 4 is 23.4 Å². The number of carboxylic acid groups (broad SMARTS) is 1. The van der Waals surface area contributed by atoms with Crippen molar-refractivity contribution in [1.82, 2.24) is 9.88 Å². The number of hydrogen-bond acceptors (Lipinski definition) is 3. The summed E-state index contributed by atoms with van der Waals surface area (Å²) < 4.78 is 0. The predicted octanol–water partition coefficient (Wildman–Crippen LogP) is 2.46. The van der Waals surface area contributed by atoms with E-state index in [1.54, 1.807) is 12.3 Å². The first kappa shape index (κ1) is 12.5. The zero-order valence-electron chi connectivity index (χ0n) is 10.5. The van der Waals surface area contributed by atoms with E-state index in [4.69, 9.17) is 16.7 Å². The molecule has 19 heavy (non-hydrogen) atoms. The zero-order valence-corrected chi connectivity index (χ0v) is 11.3. The van der Waals surface area contributed by atoms with E-state index in [-0.39, 0.29) is 6.04 Å². The summed E-state index contributed by atoms with van der Waals surface area (Å²) in [6.45, 7) is 1.20. The van der Waals surface area contributed by atoms with Gasteiger partial charge in [0.15, 0.2) is 0 Å². The number of rotatable bonds is 1. The first-order chi connectivity index (χ1) is 9.15. The summed E-state index contributed by atoms with van der Waals surface area (Å²) in [7, 11) is 0. The molecule has 3 heterocycles.